The molecule has 0 amide bonds. The van der Waals surface area contributed by atoms with Crippen molar-refractivity contribution in [2.24, 2.45) is 17.8 Å². The fraction of sp³-hybridized carbons (Fsp3) is 1.00. The quantitative estimate of drug-likeness (QED) is 0.498. The first-order valence-corrected chi connectivity index (χ1v) is 6.60. The van der Waals surface area contributed by atoms with Gasteiger partial charge >= 0.3 is 0 Å². The van der Waals surface area contributed by atoms with Crippen molar-refractivity contribution in [2.45, 2.75) is 73.1 Å². The molecule has 0 spiro atoms. The van der Waals surface area contributed by atoms with Gasteiger partial charge in [-0.25, -0.2) is 0 Å². The molecule has 0 rings (SSSR count). The van der Waals surface area contributed by atoms with Crippen LogP contribution in [-0.4, -0.2) is 0 Å². The maximum absolute atomic E-state index is 2.43. The zero-order valence-corrected chi connectivity index (χ0v) is 11.0. The molecule has 0 aromatic carbocycles. The molecule has 0 saturated heterocycles. The Morgan fingerprint density at radius 3 is 1.71 bits per heavy atom. The van der Waals surface area contributed by atoms with E-state index in [0.717, 1.165) is 17.8 Å². The van der Waals surface area contributed by atoms with E-state index in [2.05, 4.69) is 34.6 Å². The summed E-state index contributed by atoms with van der Waals surface area (Å²) in [6.45, 7) is 11.8. The van der Waals surface area contributed by atoms with Crippen LogP contribution in [0.4, 0.5) is 0 Å². The van der Waals surface area contributed by atoms with Crippen molar-refractivity contribution < 1.29 is 0 Å². The van der Waals surface area contributed by atoms with E-state index < -0.39 is 0 Å². The zero-order valence-electron chi connectivity index (χ0n) is 11.0. The SMILES string of the molecule is CCCC(C)CC(C)CCC(C)CC. The molecule has 0 aliphatic carbocycles. The summed E-state index contributed by atoms with van der Waals surface area (Å²) in [5.41, 5.74) is 0. The molecule has 0 N–H and O–H groups in total. The molecular weight excluding hydrogens is 168 g/mol. The van der Waals surface area contributed by atoms with Crippen molar-refractivity contribution in [3.05, 3.63) is 0 Å². The largest absolute Gasteiger partial charge is 0.0654 e. The van der Waals surface area contributed by atoms with E-state index >= 15 is 0 Å². The summed E-state index contributed by atoms with van der Waals surface area (Å²) in [5.74, 6) is 2.80. The van der Waals surface area contributed by atoms with Crippen LogP contribution in [-0.2, 0) is 0 Å². The first-order valence-electron chi connectivity index (χ1n) is 6.60. The van der Waals surface area contributed by atoms with Crippen molar-refractivity contribution in [2.75, 3.05) is 0 Å². The summed E-state index contributed by atoms with van der Waals surface area (Å²) in [5, 5.41) is 0. The third kappa shape index (κ3) is 7.41. The molecule has 0 fully saturated rings. The van der Waals surface area contributed by atoms with Gasteiger partial charge in [-0.3, -0.25) is 0 Å². The Morgan fingerprint density at radius 1 is 0.714 bits per heavy atom. The maximum Gasteiger partial charge on any atom is -0.0440 e. The molecule has 0 saturated carbocycles. The summed E-state index contributed by atoms with van der Waals surface area (Å²) in [6.07, 6.45) is 8.40. The van der Waals surface area contributed by atoms with Gasteiger partial charge in [0, 0.05) is 0 Å². The lowest BCUT2D eigenvalue weighted by molar-refractivity contribution is 0.345. The summed E-state index contributed by atoms with van der Waals surface area (Å²) in [6, 6.07) is 0. The van der Waals surface area contributed by atoms with Gasteiger partial charge in [-0.1, -0.05) is 66.7 Å². The van der Waals surface area contributed by atoms with Gasteiger partial charge in [0.05, 0.1) is 0 Å². The van der Waals surface area contributed by atoms with Gasteiger partial charge in [-0.05, 0) is 24.2 Å². The van der Waals surface area contributed by atoms with Crippen LogP contribution in [0.25, 0.3) is 0 Å². The molecule has 14 heavy (non-hydrogen) atoms. The van der Waals surface area contributed by atoms with Crippen LogP contribution >= 0.6 is 0 Å². The van der Waals surface area contributed by atoms with Crippen molar-refractivity contribution in [3.63, 3.8) is 0 Å². The minimum atomic E-state index is 0.930. The van der Waals surface area contributed by atoms with Gasteiger partial charge in [0.15, 0.2) is 0 Å². The van der Waals surface area contributed by atoms with Gasteiger partial charge in [-0.2, -0.15) is 0 Å². The Bertz CT molecular complexity index is 117. The van der Waals surface area contributed by atoms with Gasteiger partial charge in [0.2, 0.25) is 0 Å². The predicted octanol–water partition coefficient (Wildman–Crippen LogP) is 5.28. The third-order valence-electron chi connectivity index (χ3n) is 3.44. The second kappa shape index (κ2) is 8.32. The number of hydrogen-bond donors (Lipinski definition) is 0. The van der Waals surface area contributed by atoms with Crippen LogP contribution in [0.5, 0.6) is 0 Å². The summed E-state index contributed by atoms with van der Waals surface area (Å²) < 4.78 is 0. The minimum absolute atomic E-state index is 0.930. The van der Waals surface area contributed by atoms with Gasteiger partial charge in [-0.15, -0.1) is 0 Å². The van der Waals surface area contributed by atoms with E-state index in [1.54, 1.807) is 0 Å². The van der Waals surface area contributed by atoms with Crippen molar-refractivity contribution in [1.29, 1.82) is 0 Å². The average molecular weight is 198 g/mol. The molecular formula is C14H30. The molecule has 0 aromatic rings. The summed E-state index contributed by atoms with van der Waals surface area (Å²) in [4.78, 5) is 0. The molecule has 0 aromatic heterocycles. The Labute approximate surface area is 91.5 Å². The fourth-order valence-corrected chi connectivity index (χ4v) is 2.19. The van der Waals surface area contributed by atoms with E-state index in [1.165, 1.54) is 38.5 Å². The van der Waals surface area contributed by atoms with E-state index in [9.17, 15) is 0 Å². The highest BCUT2D eigenvalue weighted by atomic mass is 14.1. The third-order valence-corrected chi connectivity index (χ3v) is 3.44. The smallest absolute Gasteiger partial charge is 0.0440 e. The standard InChI is InChI=1S/C14H30/c1-6-8-13(4)11-14(5)10-9-12(3)7-2/h12-14H,6-11H2,1-5H3. The van der Waals surface area contributed by atoms with Gasteiger partial charge in [0.1, 0.15) is 0 Å². The van der Waals surface area contributed by atoms with Gasteiger partial charge < -0.3 is 0 Å². The Morgan fingerprint density at radius 2 is 1.21 bits per heavy atom. The van der Waals surface area contributed by atoms with Crippen molar-refractivity contribution in [3.8, 4) is 0 Å². The number of rotatable bonds is 8. The Balaban J connectivity index is 3.49. The molecule has 0 radical (unpaired) electrons. The highest BCUT2D eigenvalue weighted by Crippen LogP contribution is 2.22. The monoisotopic (exact) mass is 198 g/mol. The van der Waals surface area contributed by atoms with Crippen LogP contribution < -0.4 is 0 Å². The first-order chi connectivity index (χ1) is 6.60. The zero-order chi connectivity index (χ0) is 11.0. The van der Waals surface area contributed by atoms with E-state index in [-0.39, 0.29) is 0 Å². The maximum atomic E-state index is 2.43. The first kappa shape index (κ1) is 14.0. The topological polar surface area (TPSA) is 0 Å². The molecule has 3 unspecified atom stereocenters. The van der Waals surface area contributed by atoms with Crippen LogP contribution in [0.1, 0.15) is 73.1 Å². The van der Waals surface area contributed by atoms with Crippen LogP contribution in [0.15, 0.2) is 0 Å². The highest BCUT2D eigenvalue weighted by Gasteiger charge is 2.09. The van der Waals surface area contributed by atoms with E-state index in [0.29, 0.717) is 0 Å². The lowest BCUT2D eigenvalue weighted by Gasteiger charge is -2.18. The van der Waals surface area contributed by atoms with Crippen LogP contribution in [0.2, 0.25) is 0 Å². The molecule has 3 atom stereocenters. The number of hydrogen-bond acceptors (Lipinski definition) is 0. The predicted molar refractivity (Wildman–Crippen MR) is 66.5 cm³/mol. The van der Waals surface area contributed by atoms with E-state index in [1.807, 2.05) is 0 Å². The van der Waals surface area contributed by atoms with Crippen LogP contribution in [0.3, 0.4) is 0 Å². The summed E-state index contributed by atoms with van der Waals surface area (Å²) >= 11 is 0. The van der Waals surface area contributed by atoms with Crippen molar-refractivity contribution in [1.82, 2.24) is 0 Å². The molecule has 0 nitrogen and oxygen atoms in total. The average Bonchev–Trinajstić information content (AvgIpc) is 2.14. The van der Waals surface area contributed by atoms with E-state index in [4.69, 9.17) is 0 Å². The summed E-state index contributed by atoms with van der Waals surface area (Å²) in [7, 11) is 0. The molecule has 0 aliphatic heterocycles. The Hall–Kier alpha value is 0. The molecule has 0 bridgehead atoms. The molecule has 0 aliphatic rings. The lowest BCUT2D eigenvalue weighted by Crippen LogP contribution is -2.05. The highest BCUT2D eigenvalue weighted by molar-refractivity contribution is 4.61. The van der Waals surface area contributed by atoms with Crippen LogP contribution in [0, 0.1) is 17.8 Å². The minimum Gasteiger partial charge on any atom is -0.0654 e. The molecule has 86 valence electrons. The van der Waals surface area contributed by atoms with Gasteiger partial charge in [0.25, 0.3) is 0 Å². The lowest BCUT2D eigenvalue weighted by atomic mass is 9.88. The molecule has 0 heteroatoms. The normalized spacial score (nSPS) is 17.8. The second-order valence-corrected chi connectivity index (χ2v) is 5.33. The second-order valence-electron chi connectivity index (χ2n) is 5.33. The Kier molecular flexibility index (Phi) is 8.32. The molecule has 0 heterocycles. The fourth-order valence-electron chi connectivity index (χ4n) is 2.19. The van der Waals surface area contributed by atoms with Crippen molar-refractivity contribution >= 4 is 0 Å².